The molecule has 0 aromatic carbocycles. The van der Waals surface area contributed by atoms with Gasteiger partial charge in [-0.1, -0.05) is 13.3 Å². The Bertz CT molecular complexity index is 600. The molecule has 0 amide bonds. The normalized spacial score (nSPS) is 9.38. The van der Waals surface area contributed by atoms with E-state index < -0.39 is 11.9 Å². The molecule has 2 N–H and O–H groups in total. The maximum absolute atomic E-state index is 10.7. The zero-order chi connectivity index (χ0) is 15.7. The van der Waals surface area contributed by atoms with Crippen LogP contribution in [-0.4, -0.2) is 32.1 Å². The number of carboxylic acid groups (broad SMARTS) is 2. The highest BCUT2D eigenvalue weighted by molar-refractivity contribution is 5.89. The number of aromatic nitrogens is 2. The summed E-state index contributed by atoms with van der Waals surface area (Å²) in [7, 11) is 0. The standard InChI is InChI=1S/C9H11NO2.C6H5NO2/c1-2-3-7-6-10-5-4-8(7)9(11)12;8-6(9)5-1-3-7-4-2-5/h4-6H,2-3H2,1H3,(H,11,12);1-4H,(H,8,9). The average Bonchev–Trinajstić information content (AvgIpc) is 2.49. The minimum Gasteiger partial charge on any atom is -0.478 e. The van der Waals surface area contributed by atoms with E-state index in [0.29, 0.717) is 5.56 Å². The van der Waals surface area contributed by atoms with Gasteiger partial charge in [0, 0.05) is 24.8 Å². The van der Waals surface area contributed by atoms with Crippen LogP contribution < -0.4 is 0 Å². The summed E-state index contributed by atoms with van der Waals surface area (Å²) in [6, 6.07) is 4.43. The zero-order valence-electron chi connectivity index (χ0n) is 11.6. The SMILES string of the molecule is CCCc1cnccc1C(=O)O.O=C(O)c1ccncc1. The summed E-state index contributed by atoms with van der Waals surface area (Å²) >= 11 is 0. The number of aryl methyl sites for hydroxylation is 1. The minimum atomic E-state index is -0.919. The van der Waals surface area contributed by atoms with Gasteiger partial charge in [-0.25, -0.2) is 9.59 Å². The van der Waals surface area contributed by atoms with Gasteiger partial charge in [0.15, 0.2) is 0 Å². The molecule has 21 heavy (non-hydrogen) atoms. The van der Waals surface area contributed by atoms with Gasteiger partial charge in [-0.05, 0) is 30.2 Å². The molecular weight excluding hydrogens is 272 g/mol. The van der Waals surface area contributed by atoms with E-state index in [1.165, 1.54) is 36.8 Å². The molecule has 6 nitrogen and oxygen atoms in total. The van der Waals surface area contributed by atoms with Crippen molar-refractivity contribution in [2.45, 2.75) is 19.8 Å². The van der Waals surface area contributed by atoms with Crippen molar-refractivity contribution in [1.82, 2.24) is 9.97 Å². The van der Waals surface area contributed by atoms with E-state index in [-0.39, 0.29) is 5.56 Å². The van der Waals surface area contributed by atoms with E-state index in [4.69, 9.17) is 10.2 Å². The van der Waals surface area contributed by atoms with Crippen molar-refractivity contribution in [2.75, 3.05) is 0 Å². The minimum absolute atomic E-state index is 0.269. The lowest BCUT2D eigenvalue weighted by atomic mass is 10.1. The fourth-order valence-electron chi connectivity index (χ4n) is 1.60. The van der Waals surface area contributed by atoms with Crippen molar-refractivity contribution < 1.29 is 19.8 Å². The Kier molecular flexibility index (Phi) is 6.53. The molecule has 0 aliphatic carbocycles. The van der Waals surface area contributed by atoms with Gasteiger partial charge >= 0.3 is 11.9 Å². The van der Waals surface area contributed by atoms with E-state index in [9.17, 15) is 9.59 Å². The van der Waals surface area contributed by atoms with Gasteiger partial charge in [-0.3, -0.25) is 9.97 Å². The molecule has 0 spiro atoms. The van der Waals surface area contributed by atoms with E-state index in [1.807, 2.05) is 6.92 Å². The lowest BCUT2D eigenvalue weighted by Gasteiger charge is -2.01. The molecule has 0 saturated heterocycles. The Morgan fingerprint density at radius 1 is 1.00 bits per heavy atom. The first kappa shape index (κ1) is 16.3. The Balaban J connectivity index is 0.000000219. The molecule has 2 aromatic rings. The molecule has 0 aliphatic heterocycles. The molecule has 6 heteroatoms. The summed E-state index contributed by atoms with van der Waals surface area (Å²) < 4.78 is 0. The maximum Gasteiger partial charge on any atom is 0.336 e. The van der Waals surface area contributed by atoms with Crippen molar-refractivity contribution in [1.29, 1.82) is 0 Å². The number of carbonyl (C=O) groups is 2. The lowest BCUT2D eigenvalue weighted by Crippen LogP contribution is -2.02. The number of hydrogen-bond acceptors (Lipinski definition) is 4. The maximum atomic E-state index is 10.7. The summed E-state index contributed by atoms with van der Waals surface area (Å²) in [5.74, 6) is -1.79. The van der Waals surface area contributed by atoms with Gasteiger partial charge in [0.25, 0.3) is 0 Å². The van der Waals surface area contributed by atoms with Crippen LogP contribution in [0.4, 0.5) is 0 Å². The number of rotatable bonds is 4. The predicted octanol–water partition coefficient (Wildman–Crippen LogP) is 2.51. The second-order valence-corrected chi connectivity index (χ2v) is 4.13. The van der Waals surface area contributed by atoms with Gasteiger partial charge < -0.3 is 10.2 Å². The number of carboxylic acids is 2. The third kappa shape index (κ3) is 5.40. The predicted molar refractivity (Wildman–Crippen MR) is 76.4 cm³/mol. The smallest absolute Gasteiger partial charge is 0.336 e. The Labute approximate surface area is 122 Å². The van der Waals surface area contributed by atoms with Gasteiger partial charge in [-0.15, -0.1) is 0 Å². The number of hydrogen-bond donors (Lipinski definition) is 2. The quantitative estimate of drug-likeness (QED) is 0.896. The average molecular weight is 288 g/mol. The first-order chi connectivity index (χ1) is 10.1. The van der Waals surface area contributed by atoms with Crippen molar-refractivity contribution in [2.24, 2.45) is 0 Å². The van der Waals surface area contributed by atoms with Crippen molar-refractivity contribution >= 4 is 11.9 Å². The molecule has 0 bridgehead atoms. The van der Waals surface area contributed by atoms with Crippen LogP contribution in [0.2, 0.25) is 0 Å². The van der Waals surface area contributed by atoms with Crippen LogP contribution in [0, 0.1) is 0 Å². The molecule has 2 heterocycles. The molecule has 2 rings (SSSR count). The lowest BCUT2D eigenvalue weighted by molar-refractivity contribution is 0.0685. The van der Waals surface area contributed by atoms with Gasteiger partial charge in [0.2, 0.25) is 0 Å². The highest BCUT2D eigenvalue weighted by atomic mass is 16.4. The summed E-state index contributed by atoms with van der Waals surface area (Å²) in [5.41, 5.74) is 1.45. The van der Waals surface area contributed by atoms with E-state index in [1.54, 1.807) is 6.20 Å². The topological polar surface area (TPSA) is 100 Å². The molecule has 2 aromatic heterocycles. The molecule has 0 aliphatic rings. The molecular formula is C15H16N2O4. The fourth-order valence-corrected chi connectivity index (χ4v) is 1.60. The molecule has 0 saturated carbocycles. The van der Waals surface area contributed by atoms with Gasteiger partial charge in [0.05, 0.1) is 11.1 Å². The monoisotopic (exact) mass is 288 g/mol. The highest BCUT2D eigenvalue weighted by Crippen LogP contribution is 2.08. The van der Waals surface area contributed by atoms with E-state index >= 15 is 0 Å². The van der Waals surface area contributed by atoms with Crippen LogP contribution in [0.25, 0.3) is 0 Å². The van der Waals surface area contributed by atoms with Gasteiger partial charge in [-0.2, -0.15) is 0 Å². The van der Waals surface area contributed by atoms with Crippen LogP contribution in [0.3, 0.4) is 0 Å². The summed E-state index contributed by atoms with van der Waals surface area (Å²) in [4.78, 5) is 28.4. The molecule has 0 radical (unpaired) electrons. The zero-order valence-corrected chi connectivity index (χ0v) is 11.6. The van der Waals surface area contributed by atoms with Crippen LogP contribution in [0.15, 0.2) is 43.0 Å². The molecule has 0 atom stereocenters. The van der Waals surface area contributed by atoms with Crippen molar-refractivity contribution in [3.05, 3.63) is 59.7 Å². The second-order valence-electron chi connectivity index (χ2n) is 4.13. The third-order valence-electron chi connectivity index (χ3n) is 2.58. The number of aromatic carboxylic acids is 2. The molecule has 0 fully saturated rings. The van der Waals surface area contributed by atoms with E-state index in [2.05, 4.69) is 9.97 Å². The summed E-state index contributed by atoms with van der Waals surface area (Å²) in [5, 5.41) is 17.1. The number of nitrogens with zero attached hydrogens (tertiary/aromatic N) is 2. The van der Waals surface area contributed by atoms with Crippen LogP contribution in [-0.2, 0) is 6.42 Å². The van der Waals surface area contributed by atoms with E-state index in [0.717, 1.165) is 18.4 Å². The van der Waals surface area contributed by atoms with Crippen molar-refractivity contribution in [3.8, 4) is 0 Å². The highest BCUT2D eigenvalue weighted by Gasteiger charge is 2.07. The molecule has 110 valence electrons. The fraction of sp³-hybridized carbons (Fsp3) is 0.200. The molecule has 0 unspecified atom stereocenters. The second kappa shape index (κ2) is 8.42. The first-order valence-corrected chi connectivity index (χ1v) is 6.35. The van der Waals surface area contributed by atoms with Crippen LogP contribution in [0.1, 0.15) is 39.6 Å². The van der Waals surface area contributed by atoms with Crippen LogP contribution >= 0.6 is 0 Å². The third-order valence-corrected chi connectivity index (χ3v) is 2.58. The Morgan fingerprint density at radius 3 is 2.10 bits per heavy atom. The first-order valence-electron chi connectivity index (χ1n) is 6.35. The van der Waals surface area contributed by atoms with Crippen molar-refractivity contribution in [3.63, 3.8) is 0 Å². The largest absolute Gasteiger partial charge is 0.478 e. The van der Waals surface area contributed by atoms with Crippen LogP contribution in [0.5, 0.6) is 0 Å². The Morgan fingerprint density at radius 2 is 1.62 bits per heavy atom. The summed E-state index contributed by atoms with van der Waals surface area (Å²) in [6.07, 6.45) is 7.73. The van der Waals surface area contributed by atoms with Gasteiger partial charge in [0.1, 0.15) is 0 Å². The Hall–Kier alpha value is -2.76. The summed E-state index contributed by atoms with van der Waals surface area (Å²) in [6.45, 7) is 2.01. The number of pyridine rings is 2.